The van der Waals surface area contributed by atoms with Crippen LogP contribution in [0.3, 0.4) is 0 Å². The van der Waals surface area contributed by atoms with E-state index >= 15 is 0 Å². The third-order valence-corrected chi connectivity index (χ3v) is 4.63. The molecule has 2 unspecified atom stereocenters. The van der Waals surface area contributed by atoms with Gasteiger partial charge in [-0.15, -0.1) is 0 Å². The topological polar surface area (TPSA) is 41.6 Å². The summed E-state index contributed by atoms with van der Waals surface area (Å²) in [4.78, 5) is 14.5. The van der Waals surface area contributed by atoms with E-state index in [1.807, 2.05) is 20.9 Å². The average Bonchev–Trinajstić information content (AvgIpc) is 2.64. The van der Waals surface area contributed by atoms with Gasteiger partial charge < -0.3 is 15.0 Å². The summed E-state index contributed by atoms with van der Waals surface area (Å²) < 4.78 is 5.20. The summed E-state index contributed by atoms with van der Waals surface area (Å²) >= 11 is 0. The number of esters is 1. The number of carbonyl (C=O) groups excluding carboxylic acids is 1. The van der Waals surface area contributed by atoms with Gasteiger partial charge in [-0.2, -0.15) is 0 Å². The molecular weight excluding hydrogens is 252 g/mol. The fourth-order valence-corrected chi connectivity index (χ4v) is 2.99. The van der Waals surface area contributed by atoms with Crippen molar-refractivity contribution >= 4 is 5.97 Å². The number of likely N-dealkylation sites (tertiary alicyclic amines) is 1. The lowest BCUT2D eigenvalue weighted by atomic mass is 9.89. The van der Waals surface area contributed by atoms with Gasteiger partial charge in [0.1, 0.15) is 5.54 Å². The molecule has 0 saturated carbocycles. The van der Waals surface area contributed by atoms with Crippen molar-refractivity contribution in [3.8, 4) is 0 Å². The first-order valence-corrected chi connectivity index (χ1v) is 8.01. The van der Waals surface area contributed by atoms with E-state index in [1.54, 1.807) is 0 Å². The number of nitrogens with zero attached hydrogens (tertiary/aromatic N) is 1. The van der Waals surface area contributed by atoms with Gasteiger partial charge in [0.15, 0.2) is 0 Å². The second-order valence-corrected chi connectivity index (χ2v) is 6.51. The summed E-state index contributed by atoms with van der Waals surface area (Å²) in [6.45, 7) is 11.8. The Labute approximate surface area is 124 Å². The fourth-order valence-electron chi connectivity index (χ4n) is 2.99. The van der Waals surface area contributed by atoms with Crippen LogP contribution in [0.5, 0.6) is 0 Å². The molecule has 1 N–H and O–H groups in total. The minimum Gasteiger partial charge on any atom is -0.465 e. The van der Waals surface area contributed by atoms with Crippen LogP contribution in [0.25, 0.3) is 0 Å². The molecular formula is C16H32N2O2. The molecule has 1 rings (SSSR count). The van der Waals surface area contributed by atoms with Crippen LogP contribution >= 0.6 is 0 Å². The van der Waals surface area contributed by atoms with Crippen molar-refractivity contribution in [1.82, 2.24) is 10.2 Å². The van der Waals surface area contributed by atoms with Gasteiger partial charge in [-0.3, -0.25) is 4.79 Å². The number of hydrogen-bond acceptors (Lipinski definition) is 4. The Hall–Kier alpha value is -0.610. The molecule has 0 amide bonds. The standard InChI is InChI=1S/C16H32N2O2/c1-6-20-15(19)16(4,17-5)12-18-10-7-8-14(9-11-18)13(2)3/h13-14,17H,6-12H2,1-5H3. The smallest absolute Gasteiger partial charge is 0.327 e. The Morgan fingerprint density at radius 3 is 2.65 bits per heavy atom. The van der Waals surface area contributed by atoms with E-state index in [2.05, 4.69) is 24.1 Å². The summed E-state index contributed by atoms with van der Waals surface area (Å²) in [5, 5.41) is 3.15. The Morgan fingerprint density at radius 2 is 2.10 bits per heavy atom. The van der Waals surface area contributed by atoms with Gasteiger partial charge in [-0.05, 0) is 65.1 Å². The molecule has 4 heteroatoms. The van der Waals surface area contributed by atoms with E-state index in [0.717, 1.165) is 31.5 Å². The molecule has 1 saturated heterocycles. The Balaban J connectivity index is 2.59. The van der Waals surface area contributed by atoms with Crippen molar-refractivity contribution in [3.63, 3.8) is 0 Å². The van der Waals surface area contributed by atoms with Gasteiger partial charge in [-0.25, -0.2) is 0 Å². The Morgan fingerprint density at radius 1 is 1.40 bits per heavy atom. The van der Waals surface area contributed by atoms with E-state index in [1.165, 1.54) is 19.3 Å². The Bertz CT molecular complexity index is 307. The molecule has 1 fully saturated rings. The number of carbonyl (C=O) groups is 1. The zero-order chi connectivity index (χ0) is 15.2. The van der Waals surface area contributed by atoms with Crippen LogP contribution in [-0.4, -0.2) is 49.7 Å². The number of likely N-dealkylation sites (N-methyl/N-ethyl adjacent to an activating group) is 1. The maximum Gasteiger partial charge on any atom is 0.327 e. The first-order valence-electron chi connectivity index (χ1n) is 8.01. The SMILES string of the molecule is CCOC(=O)C(C)(CN1CCCC(C(C)C)CC1)NC. The van der Waals surface area contributed by atoms with E-state index in [9.17, 15) is 4.79 Å². The Kier molecular flexibility index (Phi) is 6.96. The zero-order valence-electron chi connectivity index (χ0n) is 13.9. The molecule has 2 atom stereocenters. The van der Waals surface area contributed by atoms with Gasteiger partial charge in [0.25, 0.3) is 0 Å². The average molecular weight is 284 g/mol. The molecule has 1 aliphatic heterocycles. The quantitative estimate of drug-likeness (QED) is 0.760. The summed E-state index contributed by atoms with van der Waals surface area (Å²) in [6, 6.07) is 0. The van der Waals surface area contributed by atoms with Gasteiger partial charge in [0.05, 0.1) is 6.61 Å². The lowest BCUT2D eigenvalue weighted by molar-refractivity contribution is -0.151. The normalized spacial score (nSPS) is 24.2. The lowest BCUT2D eigenvalue weighted by Gasteiger charge is -2.33. The van der Waals surface area contributed by atoms with E-state index in [4.69, 9.17) is 4.74 Å². The van der Waals surface area contributed by atoms with Crippen LogP contribution in [-0.2, 0) is 9.53 Å². The third kappa shape index (κ3) is 4.74. The monoisotopic (exact) mass is 284 g/mol. The van der Waals surface area contributed by atoms with Crippen LogP contribution in [0.2, 0.25) is 0 Å². The maximum atomic E-state index is 12.1. The molecule has 0 spiro atoms. The van der Waals surface area contributed by atoms with Gasteiger partial charge in [-0.1, -0.05) is 13.8 Å². The minimum absolute atomic E-state index is 0.146. The minimum atomic E-state index is -0.603. The largest absolute Gasteiger partial charge is 0.465 e. The predicted octanol–water partition coefficient (Wildman–Crippen LogP) is 2.29. The van der Waals surface area contributed by atoms with E-state index in [-0.39, 0.29) is 5.97 Å². The van der Waals surface area contributed by atoms with Gasteiger partial charge in [0.2, 0.25) is 0 Å². The highest BCUT2D eigenvalue weighted by Gasteiger charge is 2.35. The lowest BCUT2D eigenvalue weighted by Crippen LogP contribution is -2.56. The first kappa shape index (κ1) is 17.4. The molecule has 0 aromatic heterocycles. The number of rotatable bonds is 6. The molecule has 4 nitrogen and oxygen atoms in total. The van der Waals surface area contributed by atoms with Crippen molar-refractivity contribution < 1.29 is 9.53 Å². The molecule has 0 aromatic carbocycles. The van der Waals surface area contributed by atoms with Crippen LogP contribution in [0.4, 0.5) is 0 Å². The van der Waals surface area contributed by atoms with Crippen LogP contribution in [0.15, 0.2) is 0 Å². The summed E-state index contributed by atoms with van der Waals surface area (Å²) in [5.74, 6) is 1.44. The van der Waals surface area contributed by atoms with Crippen molar-refractivity contribution in [1.29, 1.82) is 0 Å². The molecule has 0 bridgehead atoms. The van der Waals surface area contributed by atoms with E-state index in [0.29, 0.717) is 6.61 Å². The van der Waals surface area contributed by atoms with Crippen LogP contribution < -0.4 is 5.32 Å². The van der Waals surface area contributed by atoms with Gasteiger partial charge in [0, 0.05) is 6.54 Å². The molecule has 1 heterocycles. The highest BCUT2D eigenvalue weighted by molar-refractivity contribution is 5.80. The third-order valence-electron chi connectivity index (χ3n) is 4.63. The van der Waals surface area contributed by atoms with Crippen molar-refractivity contribution in [2.75, 3.05) is 33.3 Å². The predicted molar refractivity (Wildman–Crippen MR) is 82.7 cm³/mol. The van der Waals surface area contributed by atoms with Crippen LogP contribution in [0.1, 0.15) is 47.0 Å². The summed E-state index contributed by atoms with van der Waals surface area (Å²) in [6.07, 6.45) is 3.77. The highest BCUT2D eigenvalue weighted by Crippen LogP contribution is 2.25. The second kappa shape index (κ2) is 7.99. The first-order chi connectivity index (χ1) is 9.42. The van der Waals surface area contributed by atoms with Crippen molar-refractivity contribution in [2.45, 2.75) is 52.5 Å². The van der Waals surface area contributed by atoms with E-state index < -0.39 is 5.54 Å². The molecule has 0 radical (unpaired) electrons. The maximum absolute atomic E-state index is 12.1. The zero-order valence-corrected chi connectivity index (χ0v) is 13.9. The number of nitrogens with one attached hydrogen (secondary N) is 1. The van der Waals surface area contributed by atoms with Crippen molar-refractivity contribution in [3.05, 3.63) is 0 Å². The summed E-state index contributed by atoms with van der Waals surface area (Å²) in [7, 11) is 1.84. The van der Waals surface area contributed by atoms with Crippen LogP contribution in [0, 0.1) is 11.8 Å². The molecule has 0 aliphatic carbocycles. The molecule has 0 aromatic rings. The fraction of sp³-hybridized carbons (Fsp3) is 0.938. The number of ether oxygens (including phenoxy) is 1. The van der Waals surface area contributed by atoms with Gasteiger partial charge >= 0.3 is 5.97 Å². The molecule has 1 aliphatic rings. The van der Waals surface area contributed by atoms with Crippen molar-refractivity contribution in [2.24, 2.45) is 11.8 Å². The molecule has 118 valence electrons. The summed E-state index contributed by atoms with van der Waals surface area (Å²) in [5.41, 5.74) is -0.603. The second-order valence-electron chi connectivity index (χ2n) is 6.51. The highest BCUT2D eigenvalue weighted by atomic mass is 16.5. The molecule has 20 heavy (non-hydrogen) atoms. The number of hydrogen-bond donors (Lipinski definition) is 1.